The Hall–Kier alpha value is -0.850. The Morgan fingerprint density at radius 3 is 2.32 bits per heavy atom. The minimum atomic E-state index is -1.34. The largest absolute Gasteiger partial charge is 0.496 e. The topological polar surface area (TPSA) is 55.8 Å². The standard InChI is InChI=1S/C16H20O4S2/c1-10(17)15(18)8-11-12(19-2)4-5-13(20-3)14(11)16(9-15)21-6-7-22-16/h4-5,18H,6-9H2,1-3H3/t15-/m1/s1. The summed E-state index contributed by atoms with van der Waals surface area (Å²) in [6.07, 6.45) is 0.697. The predicted octanol–water partition coefficient (Wildman–Crippen LogP) is 2.60. The second-order valence-corrected chi connectivity index (χ2v) is 8.76. The number of fused-ring (bicyclic) bond motifs is 2. The monoisotopic (exact) mass is 340 g/mol. The molecule has 1 aromatic carbocycles. The van der Waals surface area contributed by atoms with Gasteiger partial charge in [-0.05, 0) is 19.1 Å². The maximum Gasteiger partial charge on any atom is 0.161 e. The fraction of sp³-hybridized carbons (Fsp3) is 0.562. The van der Waals surface area contributed by atoms with Crippen LogP contribution >= 0.6 is 23.5 Å². The van der Waals surface area contributed by atoms with Gasteiger partial charge in [0.1, 0.15) is 17.1 Å². The van der Waals surface area contributed by atoms with E-state index < -0.39 is 5.60 Å². The van der Waals surface area contributed by atoms with Crippen LogP contribution in [0.5, 0.6) is 11.5 Å². The normalized spacial score (nSPS) is 25.8. The molecule has 1 aromatic rings. The van der Waals surface area contributed by atoms with E-state index in [2.05, 4.69) is 0 Å². The number of thioether (sulfide) groups is 2. The van der Waals surface area contributed by atoms with Gasteiger partial charge in [-0.2, -0.15) is 0 Å². The molecule has 22 heavy (non-hydrogen) atoms. The number of aliphatic hydroxyl groups is 1. The van der Waals surface area contributed by atoms with E-state index in [1.54, 1.807) is 37.7 Å². The van der Waals surface area contributed by atoms with Crippen LogP contribution in [0.4, 0.5) is 0 Å². The van der Waals surface area contributed by atoms with Crippen LogP contribution in [0.2, 0.25) is 0 Å². The summed E-state index contributed by atoms with van der Waals surface area (Å²) in [7, 11) is 3.27. The third-order valence-electron chi connectivity index (χ3n) is 4.46. The second-order valence-electron chi connectivity index (χ2n) is 5.71. The zero-order valence-electron chi connectivity index (χ0n) is 13.0. The van der Waals surface area contributed by atoms with Gasteiger partial charge in [0, 0.05) is 35.5 Å². The number of ketones is 1. The molecule has 0 unspecified atom stereocenters. The van der Waals surface area contributed by atoms with Crippen molar-refractivity contribution in [3.63, 3.8) is 0 Å². The lowest BCUT2D eigenvalue weighted by atomic mass is 9.77. The quantitative estimate of drug-likeness (QED) is 0.913. The summed E-state index contributed by atoms with van der Waals surface area (Å²) in [6.45, 7) is 1.47. The van der Waals surface area contributed by atoms with Gasteiger partial charge < -0.3 is 14.6 Å². The zero-order chi connectivity index (χ0) is 16.0. The molecule has 1 atom stereocenters. The lowest BCUT2D eigenvalue weighted by molar-refractivity contribution is -0.136. The van der Waals surface area contributed by atoms with E-state index in [0.717, 1.165) is 28.4 Å². The SMILES string of the molecule is COc1ccc(OC)c2c1C[C@](O)(C(C)=O)CC21SCCS1. The van der Waals surface area contributed by atoms with Crippen LogP contribution in [0.25, 0.3) is 0 Å². The van der Waals surface area contributed by atoms with Gasteiger partial charge in [-0.15, -0.1) is 23.5 Å². The number of methoxy groups -OCH3 is 2. The molecule has 2 aliphatic rings. The molecule has 3 rings (SSSR count). The van der Waals surface area contributed by atoms with Crippen molar-refractivity contribution in [3.8, 4) is 11.5 Å². The first-order valence-corrected chi connectivity index (χ1v) is 9.18. The van der Waals surface area contributed by atoms with Crippen LogP contribution in [0.3, 0.4) is 0 Å². The van der Waals surface area contributed by atoms with E-state index >= 15 is 0 Å². The van der Waals surface area contributed by atoms with E-state index in [9.17, 15) is 9.90 Å². The van der Waals surface area contributed by atoms with Crippen molar-refractivity contribution in [1.29, 1.82) is 0 Å². The van der Waals surface area contributed by atoms with Crippen molar-refractivity contribution in [3.05, 3.63) is 23.3 Å². The van der Waals surface area contributed by atoms with Crippen molar-refractivity contribution in [1.82, 2.24) is 0 Å². The fourth-order valence-electron chi connectivity index (χ4n) is 3.34. The van der Waals surface area contributed by atoms with Gasteiger partial charge >= 0.3 is 0 Å². The first-order valence-electron chi connectivity index (χ1n) is 7.21. The highest BCUT2D eigenvalue weighted by atomic mass is 32.2. The molecule has 0 aromatic heterocycles. The predicted molar refractivity (Wildman–Crippen MR) is 90.1 cm³/mol. The van der Waals surface area contributed by atoms with Gasteiger partial charge in [0.05, 0.1) is 18.3 Å². The highest BCUT2D eigenvalue weighted by Gasteiger charge is 2.54. The summed E-state index contributed by atoms with van der Waals surface area (Å²) >= 11 is 3.58. The van der Waals surface area contributed by atoms with Crippen LogP contribution in [0, 0.1) is 0 Å². The summed E-state index contributed by atoms with van der Waals surface area (Å²) in [6, 6.07) is 3.76. The summed E-state index contributed by atoms with van der Waals surface area (Å²) < 4.78 is 10.7. The Balaban J connectivity index is 2.25. The molecule has 1 fully saturated rings. The average molecular weight is 340 g/mol. The summed E-state index contributed by atoms with van der Waals surface area (Å²) in [4.78, 5) is 12.1. The molecular formula is C16H20O4S2. The van der Waals surface area contributed by atoms with E-state index in [-0.39, 0.29) is 16.3 Å². The van der Waals surface area contributed by atoms with Gasteiger partial charge in [0.25, 0.3) is 0 Å². The minimum Gasteiger partial charge on any atom is -0.496 e. The van der Waals surface area contributed by atoms with Crippen molar-refractivity contribution < 1.29 is 19.4 Å². The Labute approximate surface area is 138 Å². The van der Waals surface area contributed by atoms with Crippen LogP contribution in [0.1, 0.15) is 24.5 Å². The zero-order valence-corrected chi connectivity index (χ0v) is 14.6. The lowest BCUT2D eigenvalue weighted by Gasteiger charge is -2.43. The summed E-state index contributed by atoms with van der Waals surface area (Å²) in [5.41, 5.74) is 0.636. The molecule has 4 nitrogen and oxygen atoms in total. The van der Waals surface area contributed by atoms with E-state index in [0.29, 0.717) is 12.2 Å². The second kappa shape index (κ2) is 5.65. The maximum atomic E-state index is 12.1. The summed E-state index contributed by atoms with van der Waals surface area (Å²) in [5, 5.41) is 10.9. The molecule has 1 spiro atoms. The van der Waals surface area contributed by atoms with Crippen molar-refractivity contribution in [2.45, 2.75) is 29.4 Å². The molecule has 0 amide bonds. The number of rotatable bonds is 3. The van der Waals surface area contributed by atoms with Crippen LogP contribution in [-0.2, 0) is 15.3 Å². The molecule has 0 saturated carbocycles. The third kappa shape index (κ3) is 2.32. The number of hydrogen-bond acceptors (Lipinski definition) is 6. The van der Waals surface area contributed by atoms with Crippen LogP contribution in [-0.4, -0.2) is 42.2 Å². The molecule has 1 aliphatic heterocycles. The minimum absolute atomic E-state index is 0.185. The Kier molecular flexibility index (Phi) is 4.12. The van der Waals surface area contributed by atoms with Gasteiger partial charge in [0.2, 0.25) is 0 Å². The molecule has 1 N–H and O–H groups in total. The van der Waals surface area contributed by atoms with Gasteiger partial charge in [-0.3, -0.25) is 4.79 Å². The van der Waals surface area contributed by atoms with E-state index in [1.807, 2.05) is 12.1 Å². The molecular weight excluding hydrogens is 320 g/mol. The average Bonchev–Trinajstić information content (AvgIpc) is 2.94. The smallest absolute Gasteiger partial charge is 0.161 e. The lowest BCUT2D eigenvalue weighted by Crippen LogP contribution is -2.48. The van der Waals surface area contributed by atoms with Gasteiger partial charge in [-0.1, -0.05) is 0 Å². The first kappa shape index (κ1) is 16.0. The number of ether oxygens (including phenoxy) is 2. The van der Waals surface area contributed by atoms with Gasteiger partial charge in [-0.25, -0.2) is 0 Å². The van der Waals surface area contributed by atoms with Gasteiger partial charge in [0.15, 0.2) is 5.78 Å². The van der Waals surface area contributed by atoms with E-state index in [1.165, 1.54) is 6.92 Å². The van der Waals surface area contributed by atoms with Crippen LogP contribution in [0.15, 0.2) is 12.1 Å². The highest BCUT2D eigenvalue weighted by Crippen LogP contribution is 2.62. The molecule has 0 radical (unpaired) electrons. The molecule has 1 heterocycles. The Bertz CT molecular complexity index is 610. The van der Waals surface area contributed by atoms with Crippen molar-refractivity contribution in [2.24, 2.45) is 0 Å². The molecule has 6 heteroatoms. The number of carbonyl (C=O) groups is 1. The maximum absolute atomic E-state index is 12.1. The summed E-state index contributed by atoms with van der Waals surface area (Å²) in [5.74, 6) is 3.33. The van der Waals surface area contributed by atoms with Crippen molar-refractivity contribution >= 4 is 29.3 Å². The Morgan fingerprint density at radius 2 is 1.77 bits per heavy atom. The number of carbonyl (C=O) groups excluding carboxylic acids is 1. The highest BCUT2D eigenvalue weighted by molar-refractivity contribution is 8.20. The molecule has 1 aliphatic carbocycles. The number of Topliss-reactive ketones (excluding diaryl/α,β-unsaturated/α-hetero) is 1. The number of benzene rings is 1. The molecule has 1 saturated heterocycles. The first-order chi connectivity index (χ1) is 10.5. The Morgan fingerprint density at radius 1 is 1.18 bits per heavy atom. The number of hydrogen-bond donors (Lipinski definition) is 1. The third-order valence-corrected chi connectivity index (χ3v) is 7.87. The van der Waals surface area contributed by atoms with E-state index in [4.69, 9.17) is 9.47 Å². The van der Waals surface area contributed by atoms with Crippen LogP contribution < -0.4 is 9.47 Å². The fourth-order valence-corrected chi connectivity index (χ4v) is 6.92. The molecule has 0 bridgehead atoms. The molecule has 120 valence electrons. The van der Waals surface area contributed by atoms with Crippen molar-refractivity contribution in [2.75, 3.05) is 25.7 Å².